The molecule has 1 fully saturated rings. The second-order valence-corrected chi connectivity index (χ2v) is 5.07. The number of carbonyl (C=O) groups is 1. The molecular formula is C12H21F3N2O2. The van der Waals surface area contributed by atoms with Gasteiger partial charge in [-0.25, -0.2) is 0 Å². The van der Waals surface area contributed by atoms with Crippen molar-refractivity contribution in [1.82, 2.24) is 10.2 Å². The van der Waals surface area contributed by atoms with Crippen molar-refractivity contribution >= 4 is 5.91 Å². The fourth-order valence-electron chi connectivity index (χ4n) is 2.47. The predicted molar refractivity (Wildman–Crippen MR) is 64.5 cm³/mol. The van der Waals surface area contributed by atoms with E-state index in [9.17, 15) is 18.0 Å². The number of piperidine rings is 1. The van der Waals surface area contributed by atoms with Gasteiger partial charge in [0.1, 0.15) is 0 Å². The number of halogens is 3. The van der Waals surface area contributed by atoms with Crippen molar-refractivity contribution in [2.24, 2.45) is 5.92 Å². The third-order valence-corrected chi connectivity index (χ3v) is 3.27. The Hall–Kier alpha value is -0.820. The van der Waals surface area contributed by atoms with Crippen LogP contribution in [0.3, 0.4) is 0 Å². The zero-order valence-corrected chi connectivity index (χ0v) is 11.0. The first kappa shape index (κ1) is 16.2. The minimum absolute atomic E-state index is 0.0438. The maximum absolute atomic E-state index is 12.4. The van der Waals surface area contributed by atoms with E-state index in [1.807, 2.05) is 0 Å². The summed E-state index contributed by atoms with van der Waals surface area (Å²) in [5, 5.41) is 11.8. The van der Waals surface area contributed by atoms with E-state index in [2.05, 4.69) is 5.32 Å². The highest BCUT2D eigenvalue weighted by Gasteiger charge is 2.37. The maximum Gasteiger partial charge on any atom is 0.389 e. The smallest absolute Gasteiger partial charge is 0.389 e. The van der Waals surface area contributed by atoms with Crippen LogP contribution in [0.4, 0.5) is 13.2 Å². The molecule has 0 bridgehead atoms. The van der Waals surface area contributed by atoms with Gasteiger partial charge in [-0.15, -0.1) is 0 Å². The summed E-state index contributed by atoms with van der Waals surface area (Å²) in [5.74, 6) is -0.745. The average Bonchev–Trinajstić information content (AvgIpc) is 2.26. The Morgan fingerprint density at radius 3 is 2.63 bits per heavy atom. The molecule has 19 heavy (non-hydrogen) atoms. The van der Waals surface area contributed by atoms with Crippen molar-refractivity contribution in [2.45, 2.75) is 38.4 Å². The number of amides is 1. The zero-order chi connectivity index (χ0) is 14.5. The number of carbonyl (C=O) groups excluding carboxylic acids is 1. The van der Waals surface area contributed by atoms with Crippen molar-refractivity contribution in [3.63, 3.8) is 0 Å². The van der Waals surface area contributed by atoms with E-state index in [-0.39, 0.29) is 25.1 Å². The highest BCUT2D eigenvalue weighted by molar-refractivity contribution is 5.73. The van der Waals surface area contributed by atoms with Gasteiger partial charge in [-0.1, -0.05) is 0 Å². The van der Waals surface area contributed by atoms with Crippen molar-refractivity contribution < 1.29 is 23.1 Å². The molecule has 7 heteroatoms. The monoisotopic (exact) mass is 282 g/mol. The largest absolute Gasteiger partial charge is 0.396 e. The molecule has 1 saturated heterocycles. The van der Waals surface area contributed by atoms with E-state index in [0.717, 1.165) is 0 Å². The van der Waals surface area contributed by atoms with Gasteiger partial charge >= 0.3 is 6.18 Å². The molecule has 1 heterocycles. The molecule has 0 aromatic carbocycles. The van der Waals surface area contributed by atoms with Crippen molar-refractivity contribution in [1.29, 1.82) is 0 Å². The van der Waals surface area contributed by atoms with Gasteiger partial charge in [0.25, 0.3) is 0 Å². The lowest BCUT2D eigenvalue weighted by atomic mass is 9.91. The zero-order valence-electron chi connectivity index (χ0n) is 11.0. The number of rotatable bonds is 5. The number of aliphatic hydroxyl groups is 1. The Balaban J connectivity index is 2.55. The SMILES string of the molecule is CC(=O)N1CC(CC(F)(F)F)CC(NCCCO)C1. The summed E-state index contributed by atoms with van der Waals surface area (Å²) in [4.78, 5) is 12.8. The van der Waals surface area contributed by atoms with Crippen LogP contribution in [0.1, 0.15) is 26.2 Å². The molecule has 0 saturated carbocycles. The van der Waals surface area contributed by atoms with Crippen molar-refractivity contribution in [3.05, 3.63) is 0 Å². The number of aliphatic hydroxyl groups excluding tert-OH is 1. The molecule has 112 valence electrons. The standard InChI is InChI=1S/C12H21F3N2O2/c1-9(19)17-7-10(6-12(13,14)15)5-11(8-17)16-3-2-4-18/h10-11,16,18H,2-8H2,1H3. The Morgan fingerprint density at radius 1 is 1.42 bits per heavy atom. The first-order chi connectivity index (χ1) is 8.81. The van der Waals surface area contributed by atoms with Crippen molar-refractivity contribution in [2.75, 3.05) is 26.2 Å². The predicted octanol–water partition coefficient (Wildman–Crippen LogP) is 1.15. The van der Waals surface area contributed by atoms with Crippen LogP contribution < -0.4 is 5.32 Å². The van der Waals surface area contributed by atoms with Gasteiger partial charge in [0.2, 0.25) is 5.91 Å². The van der Waals surface area contributed by atoms with E-state index in [0.29, 0.717) is 25.9 Å². The summed E-state index contributed by atoms with van der Waals surface area (Å²) < 4.78 is 37.3. The van der Waals surface area contributed by atoms with Gasteiger partial charge in [0, 0.05) is 39.1 Å². The highest BCUT2D eigenvalue weighted by atomic mass is 19.4. The molecule has 1 aliphatic heterocycles. The lowest BCUT2D eigenvalue weighted by molar-refractivity contribution is -0.152. The van der Waals surface area contributed by atoms with E-state index >= 15 is 0 Å². The molecule has 2 unspecified atom stereocenters. The van der Waals surface area contributed by atoms with Gasteiger partial charge in [-0.3, -0.25) is 4.79 Å². The van der Waals surface area contributed by atoms with Crippen LogP contribution >= 0.6 is 0 Å². The first-order valence-corrected chi connectivity index (χ1v) is 6.48. The molecule has 0 aliphatic carbocycles. The quantitative estimate of drug-likeness (QED) is 0.744. The topological polar surface area (TPSA) is 52.6 Å². The highest BCUT2D eigenvalue weighted by Crippen LogP contribution is 2.30. The molecule has 1 rings (SSSR count). The molecule has 0 aromatic heterocycles. The number of alkyl halides is 3. The van der Waals surface area contributed by atoms with Crippen LogP contribution in [0, 0.1) is 5.92 Å². The number of likely N-dealkylation sites (tertiary alicyclic amines) is 1. The fourth-order valence-corrected chi connectivity index (χ4v) is 2.47. The minimum atomic E-state index is -4.19. The van der Waals surface area contributed by atoms with E-state index in [1.165, 1.54) is 11.8 Å². The van der Waals surface area contributed by atoms with Crippen LogP contribution in [0.15, 0.2) is 0 Å². The van der Waals surface area contributed by atoms with Gasteiger partial charge < -0.3 is 15.3 Å². The molecule has 4 nitrogen and oxygen atoms in total. The van der Waals surface area contributed by atoms with Crippen LogP contribution in [0.2, 0.25) is 0 Å². The van der Waals surface area contributed by atoms with Gasteiger partial charge in [-0.05, 0) is 25.3 Å². The molecule has 0 aromatic rings. The maximum atomic E-state index is 12.4. The Labute approximate surface area is 111 Å². The van der Waals surface area contributed by atoms with Crippen LogP contribution in [0.25, 0.3) is 0 Å². The number of hydrogen-bond acceptors (Lipinski definition) is 3. The summed E-state index contributed by atoms with van der Waals surface area (Å²) in [6.07, 6.45) is -4.08. The second-order valence-electron chi connectivity index (χ2n) is 5.07. The van der Waals surface area contributed by atoms with Crippen LogP contribution in [-0.4, -0.2) is 54.4 Å². The number of nitrogens with zero attached hydrogens (tertiary/aromatic N) is 1. The minimum Gasteiger partial charge on any atom is -0.396 e. The lowest BCUT2D eigenvalue weighted by Gasteiger charge is -2.38. The van der Waals surface area contributed by atoms with Gasteiger partial charge in [0.15, 0.2) is 0 Å². The van der Waals surface area contributed by atoms with Gasteiger partial charge in [-0.2, -0.15) is 13.2 Å². The summed E-state index contributed by atoms with van der Waals surface area (Å²) in [6.45, 7) is 2.58. The van der Waals surface area contributed by atoms with Crippen molar-refractivity contribution in [3.8, 4) is 0 Å². The second kappa shape index (κ2) is 7.09. The third kappa shape index (κ3) is 6.24. The van der Waals surface area contributed by atoms with Gasteiger partial charge in [0.05, 0.1) is 0 Å². The Bertz CT molecular complexity index is 297. The molecule has 1 amide bonds. The Kier molecular flexibility index (Phi) is 6.06. The molecular weight excluding hydrogens is 261 g/mol. The van der Waals surface area contributed by atoms with Crippen LogP contribution in [0.5, 0.6) is 0 Å². The average molecular weight is 282 g/mol. The van der Waals surface area contributed by atoms with E-state index in [4.69, 9.17) is 5.11 Å². The normalized spacial score (nSPS) is 24.6. The number of nitrogens with one attached hydrogen (secondary N) is 1. The van der Waals surface area contributed by atoms with E-state index < -0.39 is 18.5 Å². The summed E-state index contributed by atoms with van der Waals surface area (Å²) in [5.41, 5.74) is 0. The third-order valence-electron chi connectivity index (χ3n) is 3.27. The summed E-state index contributed by atoms with van der Waals surface area (Å²) >= 11 is 0. The van der Waals surface area contributed by atoms with E-state index in [1.54, 1.807) is 0 Å². The number of hydrogen-bond donors (Lipinski definition) is 2. The van der Waals surface area contributed by atoms with Crippen LogP contribution in [-0.2, 0) is 4.79 Å². The Morgan fingerprint density at radius 2 is 2.11 bits per heavy atom. The lowest BCUT2D eigenvalue weighted by Crippen LogP contribution is -2.51. The fraction of sp³-hybridized carbons (Fsp3) is 0.917. The molecule has 1 aliphatic rings. The molecule has 0 spiro atoms. The first-order valence-electron chi connectivity index (χ1n) is 6.48. The molecule has 2 atom stereocenters. The molecule has 0 radical (unpaired) electrons. The summed E-state index contributed by atoms with van der Waals surface area (Å²) in [6, 6.07) is -0.128. The summed E-state index contributed by atoms with van der Waals surface area (Å²) in [7, 11) is 0. The molecule has 2 N–H and O–H groups in total.